The molecule has 0 fully saturated rings. The number of hydrogen-bond acceptors (Lipinski definition) is 4. The van der Waals surface area contributed by atoms with Gasteiger partial charge in [0.25, 0.3) is 0 Å². The first-order chi connectivity index (χ1) is 30.7. The van der Waals surface area contributed by atoms with Crippen molar-refractivity contribution in [1.82, 2.24) is 19.9 Å². The second-order valence-corrected chi connectivity index (χ2v) is 16.1. The summed E-state index contributed by atoms with van der Waals surface area (Å²) in [6.07, 6.45) is 0. The number of nitrogens with one attached hydrogen (secondary N) is 1. The van der Waals surface area contributed by atoms with E-state index >= 15 is 0 Å². The van der Waals surface area contributed by atoms with Crippen LogP contribution in [0.25, 0.3) is 66.7 Å². The minimum Gasteiger partial charge on any atom is -0.354 e. The van der Waals surface area contributed by atoms with Crippen LogP contribution < -0.4 is 4.90 Å². The molecule has 9 aromatic carbocycles. The van der Waals surface area contributed by atoms with E-state index in [-0.39, 0.29) is 0 Å². The topological polar surface area (TPSA) is 57.7 Å². The van der Waals surface area contributed by atoms with E-state index in [9.17, 15) is 0 Å². The minimum atomic E-state index is -0.685. The number of fused-ring (bicyclic) bond motifs is 7. The summed E-state index contributed by atoms with van der Waals surface area (Å²) in [5.74, 6) is 1.93. The molecule has 1 aliphatic heterocycles. The Morgan fingerprint density at radius 3 is 1.63 bits per heavy atom. The average molecular weight is 794 g/mol. The van der Waals surface area contributed by atoms with Crippen LogP contribution in [0.3, 0.4) is 0 Å². The summed E-state index contributed by atoms with van der Waals surface area (Å²) in [7, 11) is 0. The molecule has 1 aliphatic rings. The van der Waals surface area contributed by atoms with Gasteiger partial charge in [0.2, 0.25) is 0 Å². The molecule has 11 aromatic rings. The lowest BCUT2D eigenvalue weighted by molar-refractivity contribution is 0.737. The Morgan fingerprint density at radius 2 is 0.984 bits per heavy atom. The molecule has 3 heterocycles. The number of hydrogen-bond donors (Lipinski definition) is 1. The van der Waals surface area contributed by atoms with Gasteiger partial charge in [-0.25, -0.2) is 15.0 Å². The summed E-state index contributed by atoms with van der Waals surface area (Å²) in [6.45, 7) is 2.16. The molecule has 0 bridgehead atoms. The highest BCUT2D eigenvalue weighted by Crippen LogP contribution is 2.59. The maximum absolute atomic E-state index is 5.08. The van der Waals surface area contributed by atoms with Gasteiger partial charge in [-0.3, -0.25) is 0 Å². The van der Waals surface area contributed by atoms with Gasteiger partial charge in [0.05, 0.1) is 22.3 Å². The average Bonchev–Trinajstić information content (AvgIpc) is 3.74. The first-order valence-corrected chi connectivity index (χ1v) is 21.1. The van der Waals surface area contributed by atoms with Gasteiger partial charge in [0.1, 0.15) is 0 Å². The van der Waals surface area contributed by atoms with Crippen LogP contribution in [0.1, 0.15) is 27.8 Å². The van der Waals surface area contributed by atoms with Crippen molar-refractivity contribution < 1.29 is 0 Å². The van der Waals surface area contributed by atoms with Crippen molar-refractivity contribution >= 4 is 49.6 Å². The molecular formula is C57H39N5. The molecule has 0 saturated carbocycles. The predicted octanol–water partition coefficient (Wildman–Crippen LogP) is 14.1. The third-order valence-electron chi connectivity index (χ3n) is 12.6. The molecule has 0 amide bonds. The maximum Gasteiger partial charge on any atom is 0.164 e. The van der Waals surface area contributed by atoms with Crippen molar-refractivity contribution in [1.29, 1.82) is 0 Å². The zero-order valence-electron chi connectivity index (χ0n) is 34.0. The summed E-state index contributed by atoms with van der Waals surface area (Å²) in [5.41, 5.74) is 13.7. The molecule has 292 valence electrons. The van der Waals surface area contributed by atoms with Crippen LogP contribution in [-0.2, 0) is 5.41 Å². The number of aryl methyl sites for hydroxylation is 1. The first-order valence-electron chi connectivity index (χ1n) is 21.1. The summed E-state index contributed by atoms with van der Waals surface area (Å²) in [6, 6.07) is 75.9. The Labute approximate surface area is 359 Å². The van der Waals surface area contributed by atoms with E-state index in [0.717, 1.165) is 50.3 Å². The highest BCUT2D eigenvalue weighted by atomic mass is 15.2. The van der Waals surface area contributed by atoms with Gasteiger partial charge in [-0.2, -0.15) is 0 Å². The van der Waals surface area contributed by atoms with Crippen LogP contribution in [-0.4, -0.2) is 19.9 Å². The number of benzene rings is 9. The van der Waals surface area contributed by atoms with E-state index < -0.39 is 5.41 Å². The minimum absolute atomic E-state index is 0.642. The molecule has 12 rings (SSSR count). The maximum atomic E-state index is 5.08. The number of anilines is 3. The summed E-state index contributed by atoms with van der Waals surface area (Å²) in [5, 5.41) is 4.93. The van der Waals surface area contributed by atoms with Crippen LogP contribution in [0.5, 0.6) is 0 Å². The largest absolute Gasteiger partial charge is 0.354 e. The van der Waals surface area contributed by atoms with Crippen molar-refractivity contribution in [3.05, 3.63) is 240 Å². The summed E-state index contributed by atoms with van der Waals surface area (Å²) in [4.78, 5) is 21.5. The van der Waals surface area contributed by atoms with Gasteiger partial charge in [-0.05, 0) is 88.0 Å². The lowest BCUT2D eigenvalue weighted by Gasteiger charge is -2.46. The van der Waals surface area contributed by atoms with Crippen LogP contribution >= 0.6 is 0 Å². The number of nitrogens with zero attached hydrogens (tertiary/aromatic N) is 4. The fourth-order valence-corrected chi connectivity index (χ4v) is 9.93. The summed E-state index contributed by atoms with van der Waals surface area (Å²) < 4.78 is 0. The second-order valence-electron chi connectivity index (χ2n) is 16.1. The molecule has 0 saturated heterocycles. The summed E-state index contributed by atoms with van der Waals surface area (Å²) >= 11 is 0. The van der Waals surface area contributed by atoms with E-state index in [2.05, 4.69) is 168 Å². The molecule has 5 heteroatoms. The van der Waals surface area contributed by atoms with Crippen LogP contribution in [0.4, 0.5) is 17.1 Å². The standard InChI is InChI=1S/C57H39N5/c1-37-35-42(33-34-43(37)56-60-54(38-19-5-2-6-20-38)59-55(61-56)39-21-7-3-8-22-39)62-50-31-17-14-28-46(50)57(41-24-9-4-10-25-41,47-29-15-18-32-51(47)62)48-36-40-23-11-12-26-44(40)52-45-27-13-16-30-49(45)58-53(48)52/h2-36,58H,1H3. The van der Waals surface area contributed by atoms with Gasteiger partial charge >= 0.3 is 0 Å². The van der Waals surface area contributed by atoms with Gasteiger partial charge in [0, 0.05) is 38.7 Å². The molecule has 0 atom stereocenters. The molecule has 1 N–H and O–H groups in total. The van der Waals surface area contributed by atoms with E-state index in [1.165, 1.54) is 43.8 Å². The second kappa shape index (κ2) is 14.3. The van der Waals surface area contributed by atoms with E-state index in [0.29, 0.717) is 17.5 Å². The quantitative estimate of drug-likeness (QED) is 0.182. The van der Waals surface area contributed by atoms with Crippen molar-refractivity contribution in [3.8, 4) is 34.2 Å². The van der Waals surface area contributed by atoms with Crippen LogP contribution in [0, 0.1) is 6.92 Å². The number of H-pyrrole nitrogens is 1. The smallest absolute Gasteiger partial charge is 0.164 e. The van der Waals surface area contributed by atoms with Crippen LogP contribution in [0.2, 0.25) is 0 Å². The first kappa shape index (κ1) is 35.8. The van der Waals surface area contributed by atoms with Gasteiger partial charge in [-0.15, -0.1) is 0 Å². The van der Waals surface area contributed by atoms with Crippen LogP contribution in [0.15, 0.2) is 212 Å². The van der Waals surface area contributed by atoms with E-state index in [1.54, 1.807) is 0 Å². The Kier molecular flexibility index (Phi) is 8.22. The Balaban J connectivity index is 1.09. The number of para-hydroxylation sites is 3. The van der Waals surface area contributed by atoms with Crippen molar-refractivity contribution in [2.75, 3.05) is 4.90 Å². The number of rotatable bonds is 6. The van der Waals surface area contributed by atoms with Crippen molar-refractivity contribution in [3.63, 3.8) is 0 Å². The Bertz CT molecular complexity index is 3380. The van der Waals surface area contributed by atoms with E-state index in [1.807, 2.05) is 60.7 Å². The zero-order chi connectivity index (χ0) is 41.2. The normalized spacial score (nSPS) is 13.0. The van der Waals surface area contributed by atoms with Gasteiger partial charge in [-0.1, -0.05) is 170 Å². The lowest BCUT2D eigenvalue weighted by Crippen LogP contribution is -2.38. The monoisotopic (exact) mass is 793 g/mol. The third-order valence-corrected chi connectivity index (χ3v) is 12.6. The van der Waals surface area contributed by atoms with Crippen molar-refractivity contribution in [2.45, 2.75) is 12.3 Å². The molecular weight excluding hydrogens is 755 g/mol. The highest BCUT2D eigenvalue weighted by molar-refractivity contribution is 6.21. The molecule has 0 spiro atoms. The fourth-order valence-electron chi connectivity index (χ4n) is 9.93. The van der Waals surface area contributed by atoms with Crippen molar-refractivity contribution in [2.24, 2.45) is 0 Å². The molecule has 0 aliphatic carbocycles. The Morgan fingerprint density at radius 1 is 0.452 bits per heavy atom. The van der Waals surface area contributed by atoms with E-state index in [4.69, 9.17) is 15.0 Å². The SMILES string of the molecule is Cc1cc(N2c3ccccc3C(c3ccccc3)(c3cc4ccccc4c4c3[nH]c3ccccc34)c3ccccc32)ccc1-c1nc(-c2ccccc2)nc(-c2ccccc2)n1. The van der Waals surface area contributed by atoms with Gasteiger partial charge < -0.3 is 9.88 Å². The lowest BCUT2D eigenvalue weighted by atomic mass is 9.62. The fraction of sp³-hybridized carbons (Fsp3) is 0.0351. The number of aromatic nitrogens is 4. The number of aromatic amines is 1. The molecule has 5 nitrogen and oxygen atoms in total. The Hall–Kier alpha value is -8.15. The third kappa shape index (κ3) is 5.45. The predicted molar refractivity (Wildman–Crippen MR) is 254 cm³/mol. The molecule has 2 aromatic heterocycles. The molecule has 62 heavy (non-hydrogen) atoms. The highest BCUT2D eigenvalue weighted by Gasteiger charge is 2.47. The zero-order valence-corrected chi connectivity index (χ0v) is 34.0. The molecule has 0 radical (unpaired) electrons. The van der Waals surface area contributed by atoms with Gasteiger partial charge in [0.15, 0.2) is 17.5 Å². The molecule has 0 unspecified atom stereocenters.